The van der Waals surface area contributed by atoms with Crippen LogP contribution in [0.5, 0.6) is 0 Å². The molecule has 2 atom stereocenters. The molecule has 0 aromatic rings. The Bertz CT molecular complexity index is 137. The van der Waals surface area contributed by atoms with E-state index in [0.29, 0.717) is 0 Å². The molecule has 0 radical (unpaired) electrons. The first-order valence-electron chi connectivity index (χ1n) is 3.06. The van der Waals surface area contributed by atoms with Crippen molar-refractivity contribution in [1.82, 2.24) is 0 Å². The van der Waals surface area contributed by atoms with Gasteiger partial charge in [-0.05, 0) is 13.8 Å². The maximum Gasteiger partial charge on any atom is 2.00 e. The predicted octanol–water partition coefficient (Wildman–Crippen LogP) is -4.15. The fraction of sp³-hybridized carbons (Fsp3) is 0.667. The largest absolute Gasteiger partial charge is 2.00 e. The molecule has 0 amide bonds. The van der Waals surface area contributed by atoms with Crippen molar-refractivity contribution >= 4 is 49.7 Å². The van der Waals surface area contributed by atoms with Crippen molar-refractivity contribution in [1.29, 1.82) is 0 Å². The molecular formula is C6H10CaO6. The van der Waals surface area contributed by atoms with Crippen LogP contribution in [0.2, 0.25) is 0 Å². The van der Waals surface area contributed by atoms with Gasteiger partial charge >= 0.3 is 37.7 Å². The maximum atomic E-state index is 9.34. The number of hydrogen-bond donors (Lipinski definition) is 2. The van der Waals surface area contributed by atoms with Crippen LogP contribution in [0.15, 0.2) is 0 Å². The second-order valence-electron chi connectivity index (χ2n) is 1.99. The number of carbonyl (C=O) groups excluding carboxylic acids is 2. The van der Waals surface area contributed by atoms with Gasteiger partial charge in [-0.15, -0.1) is 0 Å². The Morgan fingerprint density at radius 1 is 1.00 bits per heavy atom. The van der Waals surface area contributed by atoms with Crippen LogP contribution < -0.4 is 10.2 Å². The topological polar surface area (TPSA) is 121 Å². The summed E-state index contributed by atoms with van der Waals surface area (Å²) < 4.78 is 0. The van der Waals surface area contributed by atoms with Crippen LogP contribution in [0.25, 0.3) is 0 Å². The van der Waals surface area contributed by atoms with E-state index in [2.05, 4.69) is 0 Å². The molecule has 13 heavy (non-hydrogen) atoms. The SMILES string of the molecule is C[C@@H](O)C(=O)[O-].C[C@@H](O)C(=O)[O-].[Ca+2]. The molecule has 0 aliphatic heterocycles. The van der Waals surface area contributed by atoms with Crippen LogP contribution in [0.3, 0.4) is 0 Å². The molecule has 0 aromatic heterocycles. The monoisotopic (exact) mass is 218 g/mol. The van der Waals surface area contributed by atoms with Crippen LogP contribution in [0.4, 0.5) is 0 Å². The molecule has 0 heterocycles. The molecule has 6 nitrogen and oxygen atoms in total. The van der Waals surface area contributed by atoms with Crippen molar-refractivity contribution in [2.24, 2.45) is 0 Å². The van der Waals surface area contributed by atoms with Gasteiger partial charge in [-0.25, -0.2) is 0 Å². The third-order valence-corrected chi connectivity index (χ3v) is 0.682. The smallest absolute Gasteiger partial charge is 0.547 e. The molecule has 0 fully saturated rings. The van der Waals surface area contributed by atoms with E-state index in [1.807, 2.05) is 0 Å². The molecule has 0 unspecified atom stereocenters. The predicted molar refractivity (Wildman–Crippen MR) is 39.1 cm³/mol. The fourth-order valence-electron chi connectivity index (χ4n) is 0. The minimum absolute atomic E-state index is 0. The zero-order valence-electron chi connectivity index (χ0n) is 7.39. The molecule has 7 heteroatoms. The third kappa shape index (κ3) is 18.8. The second-order valence-corrected chi connectivity index (χ2v) is 1.99. The normalized spacial score (nSPS) is 12.6. The van der Waals surface area contributed by atoms with Gasteiger partial charge in [0.1, 0.15) is 0 Å². The molecule has 0 saturated carbocycles. The van der Waals surface area contributed by atoms with E-state index >= 15 is 0 Å². The third-order valence-electron chi connectivity index (χ3n) is 0.682. The first-order valence-corrected chi connectivity index (χ1v) is 3.06. The molecule has 0 rings (SSSR count). The summed E-state index contributed by atoms with van der Waals surface area (Å²) in [7, 11) is 0. The van der Waals surface area contributed by atoms with Gasteiger partial charge in [0.25, 0.3) is 0 Å². The molecule has 0 aromatic carbocycles. The number of rotatable bonds is 2. The summed E-state index contributed by atoms with van der Waals surface area (Å²) in [5.41, 5.74) is 0. The molecular weight excluding hydrogens is 208 g/mol. The average molecular weight is 218 g/mol. The van der Waals surface area contributed by atoms with Crippen LogP contribution in [0, 0.1) is 0 Å². The molecule has 72 valence electrons. The van der Waals surface area contributed by atoms with Crippen LogP contribution in [-0.2, 0) is 9.59 Å². The summed E-state index contributed by atoms with van der Waals surface area (Å²) in [6.45, 7) is 2.27. The van der Waals surface area contributed by atoms with Gasteiger partial charge in [0, 0.05) is 0 Å². The Morgan fingerprint density at radius 2 is 1.08 bits per heavy atom. The van der Waals surface area contributed by atoms with Gasteiger partial charge in [0.2, 0.25) is 0 Å². The van der Waals surface area contributed by atoms with E-state index in [1.54, 1.807) is 0 Å². The number of carboxylic acid groups (broad SMARTS) is 2. The van der Waals surface area contributed by atoms with Crippen LogP contribution >= 0.6 is 0 Å². The van der Waals surface area contributed by atoms with Crippen molar-refractivity contribution in [2.45, 2.75) is 26.1 Å². The van der Waals surface area contributed by atoms with Crippen LogP contribution in [-0.4, -0.2) is 72.1 Å². The van der Waals surface area contributed by atoms with Gasteiger partial charge in [-0.1, -0.05) is 0 Å². The Kier molecular flexibility index (Phi) is 14.8. The van der Waals surface area contributed by atoms with Gasteiger partial charge < -0.3 is 30.0 Å². The van der Waals surface area contributed by atoms with E-state index in [1.165, 1.54) is 0 Å². The van der Waals surface area contributed by atoms with Gasteiger partial charge in [-0.3, -0.25) is 0 Å². The standard InChI is InChI=1S/2C3H6O3.Ca/c2*1-2(4)3(5)6;/h2*2,4H,1H3,(H,5,6);/q;;+2/p-2/t2*2-;/m11./s1. The summed E-state index contributed by atoms with van der Waals surface area (Å²) in [4.78, 5) is 18.7. The Balaban J connectivity index is -0.000000143. The van der Waals surface area contributed by atoms with Crippen molar-refractivity contribution in [3.8, 4) is 0 Å². The van der Waals surface area contributed by atoms with Gasteiger partial charge in [0.05, 0.1) is 24.1 Å². The summed E-state index contributed by atoms with van der Waals surface area (Å²) in [6.07, 6.45) is -2.69. The van der Waals surface area contributed by atoms with Crippen molar-refractivity contribution in [2.75, 3.05) is 0 Å². The molecule has 0 aliphatic carbocycles. The number of aliphatic hydroxyl groups excluding tert-OH is 2. The first-order chi connectivity index (χ1) is 5.29. The molecule has 0 aliphatic rings. The van der Waals surface area contributed by atoms with E-state index in [-0.39, 0.29) is 37.7 Å². The quantitative estimate of drug-likeness (QED) is 0.454. The van der Waals surface area contributed by atoms with E-state index in [0.717, 1.165) is 13.8 Å². The zero-order valence-corrected chi connectivity index (χ0v) is 9.60. The average Bonchev–Trinajstić information content (AvgIpc) is 1.88. The number of carboxylic acids is 2. The summed E-state index contributed by atoms with van der Waals surface area (Å²) in [5.74, 6) is -2.87. The number of aliphatic carboxylic acids is 2. The minimum Gasteiger partial charge on any atom is -0.547 e. The Hall–Kier alpha value is 0.120. The van der Waals surface area contributed by atoms with E-state index in [9.17, 15) is 19.8 Å². The molecule has 2 N–H and O–H groups in total. The zero-order chi connectivity index (χ0) is 10.3. The summed E-state index contributed by atoms with van der Waals surface area (Å²) in [6, 6.07) is 0. The summed E-state index contributed by atoms with van der Waals surface area (Å²) in [5, 5.41) is 34.6. The van der Waals surface area contributed by atoms with Crippen molar-refractivity contribution < 1.29 is 30.0 Å². The first kappa shape index (κ1) is 18.8. The number of aliphatic hydroxyl groups is 2. The second kappa shape index (κ2) is 10.2. The number of hydrogen-bond acceptors (Lipinski definition) is 6. The minimum atomic E-state index is -1.44. The molecule has 0 spiro atoms. The number of carbonyl (C=O) groups is 2. The van der Waals surface area contributed by atoms with Crippen molar-refractivity contribution in [3.63, 3.8) is 0 Å². The van der Waals surface area contributed by atoms with E-state index < -0.39 is 24.1 Å². The maximum absolute atomic E-state index is 9.34. The van der Waals surface area contributed by atoms with Gasteiger partial charge in [-0.2, -0.15) is 0 Å². The Labute approximate surface area is 105 Å². The Morgan fingerprint density at radius 3 is 1.08 bits per heavy atom. The van der Waals surface area contributed by atoms with Crippen molar-refractivity contribution in [3.05, 3.63) is 0 Å². The molecule has 0 bridgehead atoms. The van der Waals surface area contributed by atoms with Gasteiger partial charge in [0.15, 0.2) is 0 Å². The fourth-order valence-corrected chi connectivity index (χ4v) is 0. The van der Waals surface area contributed by atoms with Crippen LogP contribution in [0.1, 0.15) is 13.8 Å². The molecule has 0 saturated heterocycles. The van der Waals surface area contributed by atoms with E-state index in [4.69, 9.17) is 10.2 Å². The summed E-state index contributed by atoms with van der Waals surface area (Å²) >= 11 is 0.